The molecule has 4 heteroatoms. The highest BCUT2D eigenvalue weighted by molar-refractivity contribution is 5.29. The van der Waals surface area contributed by atoms with E-state index in [2.05, 4.69) is 21.5 Å². The van der Waals surface area contributed by atoms with Crippen LogP contribution in [0.25, 0.3) is 5.78 Å². The lowest BCUT2D eigenvalue weighted by atomic mass is 10.1. The Balaban J connectivity index is 2.04. The average Bonchev–Trinajstić information content (AvgIpc) is 2.88. The molecule has 4 nitrogen and oxygen atoms in total. The summed E-state index contributed by atoms with van der Waals surface area (Å²) >= 11 is 0. The molecule has 1 aliphatic rings. The third kappa shape index (κ3) is 1.19. The molecule has 3 heterocycles. The van der Waals surface area contributed by atoms with Crippen molar-refractivity contribution in [2.45, 2.75) is 18.9 Å². The molecular weight excluding hydrogens is 176 g/mol. The van der Waals surface area contributed by atoms with Crippen molar-refractivity contribution in [2.24, 2.45) is 0 Å². The van der Waals surface area contributed by atoms with Gasteiger partial charge < -0.3 is 5.32 Å². The largest absolute Gasteiger partial charge is 0.310 e. The summed E-state index contributed by atoms with van der Waals surface area (Å²) in [5.41, 5.74) is 1.26. The van der Waals surface area contributed by atoms with Gasteiger partial charge in [0.2, 0.25) is 5.78 Å². The van der Waals surface area contributed by atoms with Crippen molar-refractivity contribution in [3.05, 3.63) is 30.4 Å². The Morgan fingerprint density at radius 3 is 3.29 bits per heavy atom. The van der Waals surface area contributed by atoms with Crippen LogP contribution < -0.4 is 5.32 Å². The summed E-state index contributed by atoms with van der Waals surface area (Å²) in [5, 5.41) is 3.46. The van der Waals surface area contributed by atoms with Crippen molar-refractivity contribution >= 4 is 5.78 Å². The van der Waals surface area contributed by atoms with Crippen molar-refractivity contribution < 1.29 is 0 Å². The number of nitrogens with zero attached hydrogens (tertiary/aromatic N) is 3. The molecule has 1 saturated heterocycles. The molecular formula is C10H12N4. The summed E-state index contributed by atoms with van der Waals surface area (Å²) in [4.78, 5) is 8.42. The summed E-state index contributed by atoms with van der Waals surface area (Å²) < 4.78 is 1.97. The summed E-state index contributed by atoms with van der Waals surface area (Å²) in [6.45, 7) is 1.12. The first-order chi connectivity index (χ1) is 6.93. The number of fused-ring (bicyclic) bond motifs is 1. The first-order valence-corrected chi connectivity index (χ1v) is 4.95. The molecule has 2 aromatic heterocycles. The lowest BCUT2D eigenvalue weighted by molar-refractivity contribution is 0.640. The van der Waals surface area contributed by atoms with Crippen LogP contribution in [-0.2, 0) is 0 Å². The van der Waals surface area contributed by atoms with Gasteiger partial charge >= 0.3 is 0 Å². The Hall–Kier alpha value is -1.42. The van der Waals surface area contributed by atoms with E-state index in [-0.39, 0.29) is 0 Å². The van der Waals surface area contributed by atoms with Crippen molar-refractivity contribution in [1.29, 1.82) is 0 Å². The summed E-state index contributed by atoms with van der Waals surface area (Å²) in [6, 6.07) is 0.481. The van der Waals surface area contributed by atoms with Gasteiger partial charge in [-0.3, -0.25) is 4.40 Å². The molecule has 3 rings (SSSR count). The third-order valence-electron chi connectivity index (χ3n) is 2.73. The molecule has 0 amide bonds. The summed E-state index contributed by atoms with van der Waals surface area (Å²) in [6.07, 6.45) is 10.2. The minimum Gasteiger partial charge on any atom is -0.310 e. The van der Waals surface area contributed by atoms with Crippen molar-refractivity contribution in [1.82, 2.24) is 19.7 Å². The van der Waals surface area contributed by atoms with E-state index in [1.165, 1.54) is 18.4 Å². The molecule has 0 aliphatic carbocycles. The first-order valence-electron chi connectivity index (χ1n) is 4.95. The maximum Gasteiger partial charge on any atom is 0.233 e. The zero-order valence-corrected chi connectivity index (χ0v) is 7.85. The van der Waals surface area contributed by atoms with Gasteiger partial charge in [0.25, 0.3) is 0 Å². The number of hydrogen-bond acceptors (Lipinski definition) is 3. The number of imidazole rings is 1. The van der Waals surface area contributed by atoms with Gasteiger partial charge in [-0.2, -0.15) is 0 Å². The molecule has 72 valence electrons. The normalized spacial score (nSPS) is 21.9. The highest BCUT2D eigenvalue weighted by atomic mass is 15.1. The van der Waals surface area contributed by atoms with E-state index in [1.807, 2.05) is 16.8 Å². The molecule has 1 N–H and O–H groups in total. The van der Waals surface area contributed by atoms with E-state index >= 15 is 0 Å². The minimum atomic E-state index is 0.481. The van der Waals surface area contributed by atoms with Gasteiger partial charge in [-0.05, 0) is 19.4 Å². The molecule has 0 bridgehead atoms. The Morgan fingerprint density at radius 2 is 2.43 bits per heavy atom. The number of aromatic nitrogens is 3. The van der Waals surface area contributed by atoms with Crippen LogP contribution in [0.3, 0.4) is 0 Å². The lowest BCUT2D eigenvalue weighted by Gasteiger charge is -2.09. The summed E-state index contributed by atoms with van der Waals surface area (Å²) in [5.74, 6) is 0.770. The molecule has 14 heavy (non-hydrogen) atoms. The molecule has 1 aliphatic heterocycles. The predicted molar refractivity (Wildman–Crippen MR) is 53.0 cm³/mol. The Labute approximate surface area is 82.0 Å². The monoisotopic (exact) mass is 188 g/mol. The predicted octanol–water partition coefficient (Wildman–Crippen LogP) is 1.15. The van der Waals surface area contributed by atoms with Crippen molar-refractivity contribution in [3.8, 4) is 0 Å². The Kier molecular flexibility index (Phi) is 1.73. The quantitative estimate of drug-likeness (QED) is 0.730. The van der Waals surface area contributed by atoms with Crippen LogP contribution in [0, 0.1) is 0 Å². The second kappa shape index (κ2) is 3.06. The highest BCUT2D eigenvalue weighted by Gasteiger charge is 2.16. The second-order valence-electron chi connectivity index (χ2n) is 3.67. The average molecular weight is 188 g/mol. The van der Waals surface area contributed by atoms with Gasteiger partial charge in [-0.15, -0.1) is 0 Å². The van der Waals surface area contributed by atoms with Crippen LogP contribution in [0.4, 0.5) is 0 Å². The fourth-order valence-electron chi connectivity index (χ4n) is 1.98. The Morgan fingerprint density at radius 1 is 1.43 bits per heavy atom. The molecule has 0 saturated carbocycles. The molecule has 1 fully saturated rings. The fraction of sp³-hybridized carbons (Fsp3) is 0.400. The van der Waals surface area contributed by atoms with Gasteiger partial charge in [0.15, 0.2) is 0 Å². The van der Waals surface area contributed by atoms with E-state index in [9.17, 15) is 0 Å². The van der Waals surface area contributed by atoms with Crippen LogP contribution in [-0.4, -0.2) is 20.9 Å². The standard InChI is InChI=1S/C10H12N4/c1-2-9(11-3-1)8-6-13-10-12-4-5-14(10)7-8/h4-7,9,11H,1-3H2. The smallest absolute Gasteiger partial charge is 0.233 e. The maximum atomic E-state index is 4.30. The zero-order valence-electron chi connectivity index (χ0n) is 7.85. The van der Waals surface area contributed by atoms with E-state index in [0.29, 0.717) is 6.04 Å². The molecule has 1 unspecified atom stereocenters. The fourth-order valence-corrected chi connectivity index (χ4v) is 1.98. The third-order valence-corrected chi connectivity index (χ3v) is 2.73. The van der Waals surface area contributed by atoms with E-state index in [1.54, 1.807) is 6.20 Å². The zero-order chi connectivity index (χ0) is 9.38. The van der Waals surface area contributed by atoms with Crippen LogP contribution >= 0.6 is 0 Å². The van der Waals surface area contributed by atoms with Gasteiger partial charge in [0.05, 0.1) is 0 Å². The number of hydrogen-bond donors (Lipinski definition) is 1. The van der Waals surface area contributed by atoms with E-state index < -0.39 is 0 Å². The Bertz CT molecular complexity index is 442. The molecule has 1 atom stereocenters. The van der Waals surface area contributed by atoms with Gasteiger partial charge in [0, 0.05) is 36.4 Å². The maximum absolute atomic E-state index is 4.30. The van der Waals surface area contributed by atoms with Crippen LogP contribution in [0.2, 0.25) is 0 Å². The SMILES string of the molecule is c1cn2cc(C3CCCN3)cnc2n1. The number of nitrogens with one attached hydrogen (secondary N) is 1. The van der Waals surface area contributed by atoms with Gasteiger partial charge in [0.1, 0.15) is 0 Å². The topological polar surface area (TPSA) is 42.2 Å². The molecule has 0 spiro atoms. The minimum absolute atomic E-state index is 0.481. The van der Waals surface area contributed by atoms with Crippen molar-refractivity contribution in [2.75, 3.05) is 6.54 Å². The second-order valence-corrected chi connectivity index (χ2v) is 3.67. The molecule has 0 aromatic carbocycles. The van der Waals surface area contributed by atoms with Crippen LogP contribution in [0.15, 0.2) is 24.8 Å². The van der Waals surface area contributed by atoms with E-state index in [0.717, 1.165) is 12.3 Å². The van der Waals surface area contributed by atoms with Crippen LogP contribution in [0.1, 0.15) is 24.4 Å². The van der Waals surface area contributed by atoms with Gasteiger partial charge in [-0.1, -0.05) is 0 Å². The lowest BCUT2D eigenvalue weighted by Crippen LogP contribution is -2.13. The molecule has 2 aromatic rings. The van der Waals surface area contributed by atoms with Crippen molar-refractivity contribution in [3.63, 3.8) is 0 Å². The first kappa shape index (κ1) is 7.94. The number of rotatable bonds is 1. The summed E-state index contributed by atoms with van der Waals surface area (Å²) in [7, 11) is 0. The van der Waals surface area contributed by atoms with Crippen LogP contribution in [0.5, 0.6) is 0 Å². The highest BCUT2D eigenvalue weighted by Crippen LogP contribution is 2.21. The van der Waals surface area contributed by atoms with Gasteiger partial charge in [-0.25, -0.2) is 9.97 Å². The van der Waals surface area contributed by atoms with E-state index in [4.69, 9.17) is 0 Å². The molecule has 0 radical (unpaired) electrons.